The summed E-state index contributed by atoms with van der Waals surface area (Å²) in [5.41, 5.74) is 8.50. The van der Waals surface area contributed by atoms with E-state index >= 15 is 0 Å². The van der Waals surface area contributed by atoms with Gasteiger partial charge in [-0.15, -0.1) is 0 Å². The summed E-state index contributed by atoms with van der Waals surface area (Å²) in [5, 5.41) is 2.38. The molecule has 0 saturated heterocycles. The first-order valence-electron chi connectivity index (χ1n) is 11.1. The van der Waals surface area contributed by atoms with Crippen molar-refractivity contribution in [2.24, 2.45) is 0 Å². The number of hydrogen-bond donors (Lipinski definition) is 0. The third kappa shape index (κ3) is 3.71. The zero-order chi connectivity index (χ0) is 22.7. The van der Waals surface area contributed by atoms with Crippen molar-refractivity contribution >= 4 is 10.8 Å². The Labute approximate surface area is 197 Å². The van der Waals surface area contributed by atoms with Gasteiger partial charge in [-0.1, -0.05) is 48.5 Å². The summed E-state index contributed by atoms with van der Waals surface area (Å²) in [5.74, 6) is 0. The van der Waals surface area contributed by atoms with Crippen LogP contribution in [0.2, 0.25) is 0 Å². The Morgan fingerprint density at radius 3 is 1.21 bits per heavy atom. The van der Waals surface area contributed by atoms with Gasteiger partial charge in [0.15, 0.2) is 0 Å². The number of nitrogens with zero attached hydrogens (tertiary/aromatic N) is 4. The summed E-state index contributed by atoms with van der Waals surface area (Å²) < 4.78 is 0. The Morgan fingerprint density at radius 2 is 0.824 bits per heavy atom. The highest BCUT2D eigenvalue weighted by Gasteiger charge is 2.11. The van der Waals surface area contributed by atoms with E-state index in [0.29, 0.717) is 0 Å². The normalized spacial score (nSPS) is 10.9. The van der Waals surface area contributed by atoms with Gasteiger partial charge in [0, 0.05) is 59.4 Å². The molecular weight excluding hydrogens is 416 g/mol. The molecule has 0 amide bonds. The molecule has 6 aromatic rings. The van der Waals surface area contributed by atoms with Crippen LogP contribution in [0.4, 0.5) is 0 Å². The van der Waals surface area contributed by atoms with E-state index in [1.54, 1.807) is 24.8 Å². The van der Waals surface area contributed by atoms with Gasteiger partial charge in [-0.2, -0.15) is 0 Å². The Balaban J connectivity index is 1.39. The maximum Gasteiger partial charge on any atom is 0.0703 e. The van der Waals surface area contributed by atoms with E-state index in [4.69, 9.17) is 9.97 Å². The number of benzene rings is 2. The molecule has 0 aliphatic rings. The molecule has 0 aliphatic carbocycles. The highest BCUT2D eigenvalue weighted by atomic mass is 14.7. The summed E-state index contributed by atoms with van der Waals surface area (Å²) in [6.45, 7) is 0. The van der Waals surface area contributed by atoms with Crippen LogP contribution < -0.4 is 0 Å². The van der Waals surface area contributed by atoms with Crippen molar-refractivity contribution in [3.05, 3.63) is 122 Å². The van der Waals surface area contributed by atoms with Gasteiger partial charge in [0.1, 0.15) is 0 Å². The van der Waals surface area contributed by atoms with Crippen LogP contribution in [0.25, 0.3) is 55.5 Å². The largest absolute Gasteiger partial charge is 0.265 e. The zero-order valence-corrected chi connectivity index (χ0v) is 18.3. The molecule has 0 fully saturated rings. The van der Waals surface area contributed by atoms with Crippen LogP contribution in [-0.4, -0.2) is 19.9 Å². The van der Waals surface area contributed by atoms with Crippen molar-refractivity contribution < 1.29 is 0 Å². The minimum atomic E-state index is 0.937. The average Bonchev–Trinajstić information content (AvgIpc) is 2.94. The second kappa shape index (κ2) is 8.68. The van der Waals surface area contributed by atoms with Crippen LogP contribution >= 0.6 is 0 Å². The predicted octanol–water partition coefficient (Wildman–Crippen LogP) is 7.09. The van der Waals surface area contributed by atoms with Crippen molar-refractivity contribution in [1.82, 2.24) is 19.9 Å². The van der Waals surface area contributed by atoms with E-state index in [1.165, 1.54) is 10.8 Å². The molecule has 0 bridgehead atoms. The summed E-state index contributed by atoms with van der Waals surface area (Å²) in [7, 11) is 0. The maximum atomic E-state index is 4.71. The fourth-order valence-electron chi connectivity index (χ4n) is 4.30. The summed E-state index contributed by atoms with van der Waals surface area (Å²) in [6, 6.07) is 29.1. The molecule has 0 saturated carbocycles. The minimum Gasteiger partial charge on any atom is -0.265 e. The SMILES string of the molecule is c1ccc2c(-c3ccc(-c4ccncc4)nc3)ccc(-c3ccc(-c4ccncc4)nc3)c2c1. The molecule has 0 N–H and O–H groups in total. The monoisotopic (exact) mass is 436 g/mol. The molecule has 0 unspecified atom stereocenters. The average molecular weight is 437 g/mol. The number of rotatable bonds is 4. The highest BCUT2D eigenvalue weighted by molar-refractivity contribution is 6.04. The minimum absolute atomic E-state index is 0.937. The van der Waals surface area contributed by atoms with Crippen LogP contribution in [0.3, 0.4) is 0 Å². The summed E-state index contributed by atoms with van der Waals surface area (Å²) in [4.78, 5) is 17.6. The third-order valence-electron chi connectivity index (χ3n) is 6.03. The fraction of sp³-hybridized carbons (Fsp3) is 0. The molecule has 160 valence electrons. The number of aromatic nitrogens is 4. The van der Waals surface area contributed by atoms with Gasteiger partial charge in [0.25, 0.3) is 0 Å². The molecule has 4 aromatic heterocycles. The smallest absolute Gasteiger partial charge is 0.0703 e. The lowest BCUT2D eigenvalue weighted by molar-refractivity contribution is 1.29. The first kappa shape index (κ1) is 19.9. The Bertz CT molecular complexity index is 1440. The van der Waals surface area contributed by atoms with Gasteiger partial charge in [-0.05, 0) is 58.3 Å². The standard InChI is InChI=1S/C30H20N4/c1-2-4-28-26(24-6-10-30(34-20-24)22-13-17-32-18-14-22)8-7-25(27(28)3-1)23-5-9-29(33-19-23)21-11-15-31-16-12-21/h1-20H. The van der Waals surface area contributed by atoms with E-state index in [2.05, 4.69) is 70.6 Å². The Morgan fingerprint density at radius 1 is 0.382 bits per heavy atom. The highest BCUT2D eigenvalue weighted by Crippen LogP contribution is 2.36. The molecule has 34 heavy (non-hydrogen) atoms. The third-order valence-corrected chi connectivity index (χ3v) is 6.03. The van der Waals surface area contributed by atoms with Crippen LogP contribution in [0, 0.1) is 0 Å². The van der Waals surface area contributed by atoms with Crippen molar-refractivity contribution in [3.8, 4) is 44.8 Å². The topological polar surface area (TPSA) is 51.6 Å². The van der Waals surface area contributed by atoms with E-state index in [1.807, 2.05) is 36.7 Å². The van der Waals surface area contributed by atoms with E-state index < -0.39 is 0 Å². The second-order valence-electron chi connectivity index (χ2n) is 8.04. The van der Waals surface area contributed by atoms with E-state index in [-0.39, 0.29) is 0 Å². The first-order chi connectivity index (χ1) is 16.9. The predicted molar refractivity (Wildman–Crippen MR) is 137 cm³/mol. The van der Waals surface area contributed by atoms with Gasteiger partial charge in [0.05, 0.1) is 11.4 Å². The van der Waals surface area contributed by atoms with E-state index in [9.17, 15) is 0 Å². The van der Waals surface area contributed by atoms with Gasteiger partial charge in [-0.3, -0.25) is 19.9 Å². The van der Waals surface area contributed by atoms with Crippen molar-refractivity contribution in [1.29, 1.82) is 0 Å². The second-order valence-corrected chi connectivity index (χ2v) is 8.04. The van der Waals surface area contributed by atoms with Crippen LogP contribution in [0.1, 0.15) is 0 Å². The molecule has 0 radical (unpaired) electrons. The lowest BCUT2D eigenvalue weighted by atomic mass is 9.93. The van der Waals surface area contributed by atoms with Crippen LogP contribution in [-0.2, 0) is 0 Å². The lowest BCUT2D eigenvalue weighted by Gasteiger charge is -2.12. The molecule has 0 aliphatic heterocycles. The molecule has 6 rings (SSSR count). The van der Waals surface area contributed by atoms with Gasteiger partial charge in [0.2, 0.25) is 0 Å². The summed E-state index contributed by atoms with van der Waals surface area (Å²) in [6.07, 6.45) is 11.0. The molecular formula is C30H20N4. The molecule has 0 spiro atoms. The molecule has 2 aromatic carbocycles. The van der Waals surface area contributed by atoms with Gasteiger partial charge < -0.3 is 0 Å². The molecule has 4 heterocycles. The fourth-order valence-corrected chi connectivity index (χ4v) is 4.30. The molecule has 4 nitrogen and oxygen atoms in total. The van der Waals surface area contributed by atoms with Crippen LogP contribution in [0.5, 0.6) is 0 Å². The maximum absolute atomic E-state index is 4.71. The molecule has 0 atom stereocenters. The zero-order valence-electron chi connectivity index (χ0n) is 18.3. The number of pyridine rings is 4. The van der Waals surface area contributed by atoms with Gasteiger partial charge >= 0.3 is 0 Å². The lowest BCUT2D eigenvalue weighted by Crippen LogP contribution is -1.90. The number of hydrogen-bond acceptors (Lipinski definition) is 4. The Hall–Kier alpha value is -4.70. The van der Waals surface area contributed by atoms with Crippen molar-refractivity contribution in [3.63, 3.8) is 0 Å². The van der Waals surface area contributed by atoms with Crippen LogP contribution in [0.15, 0.2) is 122 Å². The Kier molecular flexibility index (Phi) is 5.09. The van der Waals surface area contributed by atoms with Gasteiger partial charge in [-0.25, -0.2) is 0 Å². The van der Waals surface area contributed by atoms with E-state index in [0.717, 1.165) is 44.8 Å². The summed E-state index contributed by atoms with van der Waals surface area (Å²) >= 11 is 0. The quantitative estimate of drug-likeness (QED) is 0.296. The van der Waals surface area contributed by atoms with Crippen molar-refractivity contribution in [2.45, 2.75) is 0 Å². The first-order valence-corrected chi connectivity index (χ1v) is 11.1. The molecule has 4 heteroatoms. The van der Waals surface area contributed by atoms with Crippen molar-refractivity contribution in [2.75, 3.05) is 0 Å². The number of fused-ring (bicyclic) bond motifs is 1.